The van der Waals surface area contributed by atoms with Crippen LogP contribution < -0.4 is 11.1 Å². The minimum atomic E-state index is -4.68. The van der Waals surface area contributed by atoms with Crippen LogP contribution in [0.2, 0.25) is 0 Å². The lowest BCUT2D eigenvalue weighted by molar-refractivity contribution is -0.137. The van der Waals surface area contributed by atoms with E-state index < -0.39 is 29.7 Å². The summed E-state index contributed by atoms with van der Waals surface area (Å²) in [5.74, 6) is -1.06. The van der Waals surface area contributed by atoms with E-state index in [1.54, 1.807) is 6.92 Å². The summed E-state index contributed by atoms with van der Waals surface area (Å²) < 4.78 is 55.6. The number of hydrogen-bond acceptors (Lipinski definition) is 3. The van der Waals surface area contributed by atoms with Crippen molar-refractivity contribution in [2.24, 2.45) is 5.73 Å². The average molecular weight is 294 g/mol. The van der Waals surface area contributed by atoms with Crippen molar-refractivity contribution in [2.75, 3.05) is 13.2 Å². The molecule has 1 aromatic rings. The summed E-state index contributed by atoms with van der Waals surface area (Å²) in [6, 6.07) is 1.04. The molecule has 1 rings (SSSR count). The molecule has 0 fully saturated rings. The fourth-order valence-electron chi connectivity index (χ4n) is 1.57. The predicted molar refractivity (Wildman–Crippen MR) is 63.4 cm³/mol. The third-order valence-electron chi connectivity index (χ3n) is 2.45. The number of rotatable bonds is 4. The van der Waals surface area contributed by atoms with Gasteiger partial charge < -0.3 is 15.8 Å². The Balaban J connectivity index is 3.03. The predicted octanol–water partition coefficient (Wildman–Crippen LogP) is 2.59. The molecule has 0 aliphatic carbocycles. The Labute approximate surface area is 112 Å². The number of ether oxygens (including phenoxy) is 1. The highest BCUT2D eigenvalue weighted by Crippen LogP contribution is 2.31. The molecule has 1 amide bonds. The third-order valence-corrected chi connectivity index (χ3v) is 2.45. The molecule has 0 spiro atoms. The van der Waals surface area contributed by atoms with Gasteiger partial charge in [-0.3, -0.25) is 0 Å². The fraction of sp³-hybridized carbons (Fsp3) is 0.417. The van der Waals surface area contributed by atoms with E-state index in [0.29, 0.717) is 6.07 Å². The van der Waals surface area contributed by atoms with Crippen LogP contribution in [-0.4, -0.2) is 19.2 Å². The van der Waals surface area contributed by atoms with Gasteiger partial charge in [0.15, 0.2) is 0 Å². The molecule has 0 aliphatic heterocycles. The number of benzene rings is 1. The molecular weight excluding hydrogens is 280 g/mol. The van der Waals surface area contributed by atoms with Crippen molar-refractivity contribution < 1.29 is 27.1 Å². The number of nitrogens with one attached hydrogen (secondary N) is 1. The van der Waals surface area contributed by atoms with Gasteiger partial charge in [0.2, 0.25) is 0 Å². The van der Waals surface area contributed by atoms with Crippen molar-refractivity contribution in [3.63, 3.8) is 0 Å². The summed E-state index contributed by atoms with van der Waals surface area (Å²) in [6.45, 7) is 1.47. The van der Waals surface area contributed by atoms with Crippen LogP contribution in [0, 0.1) is 5.82 Å². The quantitative estimate of drug-likeness (QED) is 0.839. The molecule has 112 valence electrons. The topological polar surface area (TPSA) is 64.3 Å². The van der Waals surface area contributed by atoms with Crippen LogP contribution in [0.5, 0.6) is 0 Å². The van der Waals surface area contributed by atoms with E-state index in [4.69, 9.17) is 5.73 Å². The van der Waals surface area contributed by atoms with E-state index in [1.165, 1.54) is 0 Å². The second kappa shape index (κ2) is 6.56. The van der Waals surface area contributed by atoms with Crippen molar-refractivity contribution in [2.45, 2.75) is 19.1 Å². The lowest BCUT2D eigenvalue weighted by Gasteiger charge is -2.18. The summed E-state index contributed by atoms with van der Waals surface area (Å²) in [5.41, 5.74) is 4.17. The van der Waals surface area contributed by atoms with Gasteiger partial charge in [-0.05, 0) is 30.7 Å². The summed E-state index contributed by atoms with van der Waals surface area (Å²) >= 11 is 0. The van der Waals surface area contributed by atoms with Crippen molar-refractivity contribution in [3.05, 3.63) is 35.1 Å². The zero-order valence-electron chi connectivity index (χ0n) is 10.6. The monoisotopic (exact) mass is 294 g/mol. The highest BCUT2D eigenvalue weighted by Gasteiger charge is 2.32. The largest absolute Gasteiger partial charge is 0.450 e. The van der Waals surface area contributed by atoms with Gasteiger partial charge in [-0.25, -0.2) is 9.18 Å². The SMILES string of the molecule is CCOC(=O)NC(CN)c1cc(F)cc(C(F)(F)F)c1. The highest BCUT2D eigenvalue weighted by molar-refractivity contribution is 5.67. The molecule has 0 saturated carbocycles. The zero-order chi connectivity index (χ0) is 15.3. The lowest BCUT2D eigenvalue weighted by atomic mass is 10.0. The first-order valence-corrected chi connectivity index (χ1v) is 5.79. The second-order valence-corrected chi connectivity index (χ2v) is 3.92. The molecule has 1 aromatic carbocycles. The Morgan fingerprint density at radius 2 is 2.05 bits per heavy atom. The molecule has 0 saturated heterocycles. The molecule has 20 heavy (non-hydrogen) atoms. The normalized spacial score (nSPS) is 12.9. The summed E-state index contributed by atoms with van der Waals surface area (Å²) in [6.07, 6.45) is -5.51. The molecule has 0 radical (unpaired) electrons. The minimum Gasteiger partial charge on any atom is -0.450 e. The first-order valence-electron chi connectivity index (χ1n) is 5.79. The van der Waals surface area contributed by atoms with Gasteiger partial charge in [-0.15, -0.1) is 0 Å². The Bertz CT molecular complexity index is 477. The first-order chi connectivity index (χ1) is 9.27. The van der Waals surface area contributed by atoms with Gasteiger partial charge in [0.05, 0.1) is 18.2 Å². The number of carbonyl (C=O) groups is 1. The van der Waals surface area contributed by atoms with E-state index in [1.807, 2.05) is 0 Å². The standard InChI is InChI=1S/C12H14F4N2O2/c1-2-20-11(19)18-10(6-17)7-3-8(12(14,15)16)5-9(13)4-7/h3-5,10H,2,6,17H2,1H3,(H,18,19). The maximum Gasteiger partial charge on any atom is 0.416 e. The van der Waals surface area contributed by atoms with Crippen LogP contribution in [0.4, 0.5) is 22.4 Å². The Hall–Kier alpha value is -1.83. The Morgan fingerprint density at radius 1 is 1.40 bits per heavy atom. The van der Waals surface area contributed by atoms with Crippen LogP contribution in [0.1, 0.15) is 24.1 Å². The Morgan fingerprint density at radius 3 is 2.55 bits per heavy atom. The van der Waals surface area contributed by atoms with Crippen molar-refractivity contribution >= 4 is 6.09 Å². The maximum atomic E-state index is 13.3. The summed E-state index contributed by atoms with van der Waals surface area (Å²) in [5, 5.41) is 2.27. The highest BCUT2D eigenvalue weighted by atomic mass is 19.4. The molecule has 1 atom stereocenters. The summed E-state index contributed by atoms with van der Waals surface area (Å²) in [4.78, 5) is 11.2. The van der Waals surface area contributed by atoms with Gasteiger partial charge in [0.1, 0.15) is 5.82 Å². The second-order valence-electron chi connectivity index (χ2n) is 3.92. The van der Waals surface area contributed by atoms with E-state index in [9.17, 15) is 22.4 Å². The molecule has 0 aromatic heterocycles. The van der Waals surface area contributed by atoms with E-state index in [-0.39, 0.29) is 18.7 Å². The van der Waals surface area contributed by atoms with Crippen LogP contribution in [0.15, 0.2) is 18.2 Å². The Kier molecular flexibility index (Phi) is 5.32. The number of nitrogens with two attached hydrogens (primary N) is 1. The molecule has 3 N–H and O–H groups in total. The number of alkyl carbamates (subject to hydrolysis) is 1. The van der Waals surface area contributed by atoms with Crippen molar-refractivity contribution in [1.29, 1.82) is 0 Å². The van der Waals surface area contributed by atoms with Crippen molar-refractivity contribution in [1.82, 2.24) is 5.32 Å². The number of carbonyl (C=O) groups excluding carboxylic acids is 1. The van der Waals surface area contributed by atoms with Gasteiger partial charge in [0, 0.05) is 6.54 Å². The number of halogens is 4. The van der Waals surface area contributed by atoms with Crippen LogP contribution in [0.25, 0.3) is 0 Å². The summed E-state index contributed by atoms with van der Waals surface area (Å²) in [7, 11) is 0. The van der Waals surface area contributed by atoms with Crippen molar-refractivity contribution in [3.8, 4) is 0 Å². The number of amides is 1. The smallest absolute Gasteiger partial charge is 0.416 e. The van der Waals surface area contributed by atoms with Crippen LogP contribution >= 0.6 is 0 Å². The fourth-order valence-corrected chi connectivity index (χ4v) is 1.57. The first kappa shape index (κ1) is 16.2. The lowest BCUT2D eigenvalue weighted by Crippen LogP contribution is -2.34. The molecular formula is C12H14F4N2O2. The van der Waals surface area contributed by atoms with Gasteiger partial charge >= 0.3 is 12.3 Å². The third kappa shape index (κ3) is 4.37. The minimum absolute atomic E-state index is 0.0760. The van der Waals surface area contributed by atoms with E-state index >= 15 is 0 Å². The van der Waals surface area contributed by atoms with Gasteiger partial charge in [-0.2, -0.15) is 13.2 Å². The van der Waals surface area contributed by atoms with Crippen LogP contribution in [0.3, 0.4) is 0 Å². The zero-order valence-corrected chi connectivity index (χ0v) is 10.6. The van der Waals surface area contributed by atoms with E-state index in [2.05, 4.69) is 10.1 Å². The number of hydrogen-bond donors (Lipinski definition) is 2. The van der Waals surface area contributed by atoms with Crippen LogP contribution in [-0.2, 0) is 10.9 Å². The average Bonchev–Trinajstić information content (AvgIpc) is 2.34. The molecule has 8 heteroatoms. The molecule has 0 bridgehead atoms. The molecule has 4 nitrogen and oxygen atoms in total. The maximum absolute atomic E-state index is 13.3. The van der Waals surface area contributed by atoms with Gasteiger partial charge in [0.25, 0.3) is 0 Å². The molecule has 0 heterocycles. The van der Waals surface area contributed by atoms with E-state index in [0.717, 1.165) is 12.1 Å². The van der Waals surface area contributed by atoms with Gasteiger partial charge in [-0.1, -0.05) is 0 Å². The number of alkyl halides is 3. The molecule has 0 aliphatic rings. The molecule has 1 unspecified atom stereocenters.